The Balaban J connectivity index is 1.44. The van der Waals surface area contributed by atoms with Crippen molar-refractivity contribution in [3.8, 4) is 0 Å². The first-order chi connectivity index (χ1) is 8.81. The van der Waals surface area contributed by atoms with Crippen LogP contribution in [0, 0.1) is 29.6 Å². The molecule has 3 atom stereocenters. The molecule has 2 bridgehead atoms. The summed E-state index contributed by atoms with van der Waals surface area (Å²) in [6, 6.07) is 0. The third kappa shape index (κ3) is 1.71. The van der Waals surface area contributed by atoms with Gasteiger partial charge in [-0.3, -0.25) is 4.79 Å². The highest BCUT2D eigenvalue weighted by atomic mass is 16.2. The molecule has 0 aromatic carbocycles. The number of fused-ring (bicyclic) bond motifs is 4. The van der Waals surface area contributed by atoms with Gasteiger partial charge in [0, 0.05) is 19.0 Å². The van der Waals surface area contributed by atoms with Crippen LogP contribution in [0.2, 0.25) is 0 Å². The molecule has 100 valence electrons. The van der Waals surface area contributed by atoms with Crippen LogP contribution in [0.25, 0.3) is 0 Å². The van der Waals surface area contributed by atoms with Gasteiger partial charge in [-0.15, -0.1) is 0 Å². The summed E-state index contributed by atoms with van der Waals surface area (Å²) in [7, 11) is 0. The fourth-order valence-corrected chi connectivity index (χ4v) is 5.33. The third-order valence-electron chi connectivity index (χ3n) is 6.40. The zero-order valence-electron chi connectivity index (χ0n) is 11.3. The Labute approximate surface area is 110 Å². The van der Waals surface area contributed by atoms with Crippen molar-refractivity contribution < 1.29 is 4.79 Å². The highest BCUT2D eigenvalue weighted by Gasteiger charge is 2.44. The van der Waals surface area contributed by atoms with Gasteiger partial charge in [-0.2, -0.15) is 0 Å². The Hall–Kier alpha value is -0.530. The molecule has 5 fully saturated rings. The maximum atomic E-state index is 12.7. The van der Waals surface area contributed by atoms with Crippen molar-refractivity contribution in [1.29, 1.82) is 0 Å². The van der Waals surface area contributed by atoms with E-state index in [1.807, 2.05) is 0 Å². The van der Waals surface area contributed by atoms with Gasteiger partial charge >= 0.3 is 0 Å². The Bertz CT molecular complexity index is 333. The van der Waals surface area contributed by atoms with E-state index in [-0.39, 0.29) is 0 Å². The Morgan fingerprint density at radius 2 is 1.50 bits per heavy atom. The largest absolute Gasteiger partial charge is 0.342 e. The summed E-state index contributed by atoms with van der Waals surface area (Å²) in [5, 5.41) is 0. The highest BCUT2D eigenvalue weighted by molar-refractivity contribution is 5.79. The van der Waals surface area contributed by atoms with E-state index >= 15 is 0 Å². The molecule has 5 aliphatic rings. The zero-order chi connectivity index (χ0) is 12.1. The van der Waals surface area contributed by atoms with Crippen LogP contribution in [-0.2, 0) is 4.79 Å². The van der Waals surface area contributed by atoms with E-state index in [0.717, 1.165) is 36.8 Å². The first-order valence-corrected chi connectivity index (χ1v) is 8.10. The number of hydrogen-bond donors (Lipinski definition) is 0. The molecule has 4 saturated carbocycles. The maximum absolute atomic E-state index is 12.7. The summed E-state index contributed by atoms with van der Waals surface area (Å²) >= 11 is 0. The van der Waals surface area contributed by atoms with Gasteiger partial charge in [0.2, 0.25) is 5.91 Å². The molecule has 0 aromatic rings. The van der Waals surface area contributed by atoms with Gasteiger partial charge in [0.1, 0.15) is 0 Å². The fraction of sp³-hybridized carbons (Fsp3) is 0.938. The van der Waals surface area contributed by atoms with Crippen molar-refractivity contribution in [3.05, 3.63) is 0 Å². The van der Waals surface area contributed by atoms with E-state index in [2.05, 4.69) is 4.90 Å². The average molecular weight is 247 g/mol. The molecule has 1 aliphatic heterocycles. The molecule has 1 heterocycles. The quantitative estimate of drug-likeness (QED) is 0.697. The zero-order valence-corrected chi connectivity index (χ0v) is 11.3. The molecule has 4 aliphatic carbocycles. The number of likely N-dealkylation sites (tertiary alicyclic amines) is 1. The molecule has 5 rings (SSSR count). The summed E-state index contributed by atoms with van der Waals surface area (Å²) in [5.41, 5.74) is 0. The number of hydrogen-bond acceptors (Lipinski definition) is 1. The summed E-state index contributed by atoms with van der Waals surface area (Å²) < 4.78 is 0. The molecule has 0 aromatic heterocycles. The summed E-state index contributed by atoms with van der Waals surface area (Å²) in [6.45, 7) is 2.19. The van der Waals surface area contributed by atoms with Crippen LogP contribution < -0.4 is 0 Å². The Kier molecular flexibility index (Phi) is 2.67. The smallest absolute Gasteiger partial charge is 0.225 e. The van der Waals surface area contributed by atoms with Crippen LogP contribution in [0.3, 0.4) is 0 Å². The lowest BCUT2D eigenvalue weighted by Crippen LogP contribution is -2.43. The highest BCUT2D eigenvalue weighted by Crippen LogP contribution is 2.47. The van der Waals surface area contributed by atoms with E-state index < -0.39 is 0 Å². The molecule has 1 saturated heterocycles. The summed E-state index contributed by atoms with van der Waals surface area (Å²) in [5.74, 6) is 4.29. The first-order valence-electron chi connectivity index (χ1n) is 8.10. The lowest BCUT2D eigenvalue weighted by Gasteiger charge is -2.42. The minimum atomic E-state index is 0.413. The molecule has 0 spiro atoms. The molecule has 3 unspecified atom stereocenters. The topological polar surface area (TPSA) is 20.3 Å². The lowest BCUT2D eigenvalue weighted by atomic mass is 9.64. The van der Waals surface area contributed by atoms with Crippen molar-refractivity contribution in [2.75, 3.05) is 13.1 Å². The van der Waals surface area contributed by atoms with Crippen LogP contribution in [0.4, 0.5) is 0 Å². The average Bonchev–Trinajstić information content (AvgIpc) is 3.00. The Morgan fingerprint density at radius 1 is 0.833 bits per heavy atom. The number of carbonyl (C=O) groups is 1. The molecule has 0 radical (unpaired) electrons. The summed E-state index contributed by atoms with van der Waals surface area (Å²) in [6.07, 6.45) is 10.9. The molecule has 0 N–H and O–H groups in total. The van der Waals surface area contributed by atoms with E-state index in [1.165, 1.54) is 51.4 Å². The van der Waals surface area contributed by atoms with Crippen LogP contribution in [0.15, 0.2) is 0 Å². The van der Waals surface area contributed by atoms with Crippen molar-refractivity contribution >= 4 is 5.91 Å². The predicted molar refractivity (Wildman–Crippen MR) is 71.0 cm³/mol. The van der Waals surface area contributed by atoms with Crippen molar-refractivity contribution in [1.82, 2.24) is 4.90 Å². The standard InChI is InChI=1S/C16H25NO/c18-16(15-8-11-4-6-12(15)7-5-11)17-9-13-2-1-3-14(13)10-17/h11-15H,1-10H2. The minimum Gasteiger partial charge on any atom is -0.342 e. The monoisotopic (exact) mass is 247 g/mol. The van der Waals surface area contributed by atoms with Gasteiger partial charge in [-0.25, -0.2) is 0 Å². The molecule has 1 amide bonds. The van der Waals surface area contributed by atoms with Crippen molar-refractivity contribution in [2.24, 2.45) is 29.6 Å². The Morgan fingerprint density at radius 3 is 2.06 bits per heavy atom. The number of amides is 1. The normalized spacial score (nSPS) is 46.4. The van der Waals surface area contributed by atoms with Gasteiger partial charge in [0.05, 0.1) is 0 Å². The molecule has 18 heavy (non-hydrogen) atoms. The molecule has 2 heteroatoms. The van der Waals surface area contributed by atoms with Crippen LogP contribution in [0.1, 0.15) is 51.4 Å². The van der Waals surface area contributed by atoms with Crippen molar-refractivity contribution in [2.45, 2.75) is 51.4 Å². The summed E-state index contributed by atoms with van der Waals surface area (Å²) in [4.78, 5) is 15.0. The second-order valence-electron chi connectivity index (χ2n) is 7.32. The predicted octanol–water partition coefficient (Wildman–Crippen LogP) is 3.07. The van der Waals surface area contributed by atoms with E-state index in [9.17, 15) is 4.79 Å². The van der Waals surface area contributed by atoms with Gasteiger partial charge in [0.15, 0.2) is 0 Å². The van der Waals surface area contributed by atoms with Crippen LogP contribution in [0.5, 0.6) is 0 Å². The molecular weight excluding hydrogens is 222 g/mol. The number of carbonyl (C=O) groups excluding carboxylic acids is 1. The van der Waals surface area contributed by atoms with Gasteiger partial charge in [0.25, 0.3) is 0 Å². The number of rotatable bonds is 1. The third-order valence-corrected chi connectivity index (χ3v) is 6.40. The van der Waals surface area contributed by atoms with E-state index in [0.29, 0.717) is 11.8 Å². The first kappa shape index (κ1) is 11.3. The lowest BCUT2D eigenvalue weighted by molar-refractivity contribution is -0.140. The van der Waals surface area contributed by atoms with E-state index in [4.69, 9.17) is 0 Å². The second-order valence-corrected chi connectivity index (χ2v) is 7.32. The molecular formula is C16H25NO. The van der Waals surface area contributed by atoms with Gasteiger partial charge < -0.3 is 4.90 Å². The van der Waals surface area contributed by atoms with Gasteiger partial charge in [-0.05, 0) is 55.8 Å². The van der Waals surface area contributed by atoms with Gasteiger partial charge in [-0.1, -0.05) is 19.3 Å². The minimum absolute atomic E-state index is 0.413. The second kappa shape index (κ2) is 4.25. The molecule has 2 nitrogen and oxygen atoms in total. The van der Waals surface area contributed by atoms with E-state index in [1.54, 1.807) is 0 Å². The maximum Gasteiger partial charge on any atom is 0.225 e. The van der Waals surface area contributed by atoms with Crippen LogP contribution >= 0.6 is 0 Å². The fourth-order valence-electron chi connectivity index (χ4n) is 5.33. The number of nitrogens with zero attached hydrogens (tertiary/aromatic N) is 1. The van der Waals surface area contributed by atoms with Crippen LogP contribution in [-0.4, -0.2) is 23.9 Å². The van der Waals surface area contributed by atoms with Crippen molar-refractivity contribution in [3.63, 3.8) is 0 Å². The SMILES string of the molecule is O=C(C1CC2CCC1CC2)N1CC2CCCC2C1.